The molecule has 118 valence electrons. The molecule has 0 aliphatic carbocycles. The molecule has 23 heavy (non-hydrogen) atoms. The molecule has 7 heteroatoms. The van der Waals surface area contributed by atoms with E-state index in [4.69, 9.17) is 16.0 Å². The first-order valence-corrected chi connectivity index (χ1v) is 7.40. The van der Waals surface area contributed by atoms with Crippen molar-refractivity contribution in [3.63, 3.8) is 0 Å². The summed E-state index contributed by atoms with van der Waals surface area (Å²) >= 11 is 5.76. The molecular weight excluding hydrogens is 320 g/mol. The summed E-state index contributed by atoms with van der Waals surface area (Å²) in [7, 11) is 0. The average Bonchev–Trinajstić information content (AvgIpc) is 2.51. The van der Waals surface area contributed by atoms with Crippen molar-refractivity contribution in [3.8, 4) is 0 Å². The van der Waals surface area contributed by atoms with Crippen molar-refractivity contribution in [2.75, 3.05) is 0 Å². The van der Waals surface area contributed by atoms with Crippen LogP contribution < -0.4 is 16.9 Å². The molecule has 0 unspecified atom stereocenters. The van der Waals surface area contributed by atoms with Crippen molar-refractivity contribution in [3.05, 3.63) is 77.9 Å². The lowest BCUT2D eigenvalue weighted by Crippen LogP contribution is -2.30. The lowest BCUT2D eigenvalue weighted by atomic mass is 10.1. The summed E-state index contributed by atoms with van der Waals surface area (Å²) in [6.45, 7) is 2.11. The molecule has 1 aromatic carbocycles. The van der Waals surface area contributed by atoms with Gasteiger partial charge in [-0.25, -0.2) is 9.59 Å². The van der Waals surface area contributed by atoms with Crippen LogP contribution >= 0.6 is 11.6 Å². The molecule has 0 aliphatic heterocycles. The zero-order chi connectivity index (χ0) is 16.6. The number of rotatable bonds is 3. The molecule has 1 N–H and O–H groups in total. The Bertz CT molecular complexity index is 1060. The smallest absolute Gasteiger partial charge is 0.336 e. The van der Waals surface area contributed by atoms with E-state index >= 15 is 0 Å². The van der Waals surface area contributed by atoms with Gasteiger partial charge in [0.1, 0.15) is 10.6 Å². The highest BCUT2D eigenvalue weighted by molar-refractivity contribution is 6.30. The number of halogens is 1. The van der Waals surface area contributed by atoms with E-state index < -0.39 is 16.9 Å². The third-order valence-corrected chi connectivity index (χ3v) is 3.88. The number of aryl methyl sites for hydroxylation is 1. The van der Waals surface area contributed by atoms with Crippen LogP contribution in [0, 0.1) is 0 Å². The van der Waals surface area contributed by atoms with Crippen LogP contribution in [0.1, 0.15) is 18.1 Å². The van der Waals surface area contributed by atoms with E-state index in [1.54, 1.807) is 0 Å². The number of H-pyrrole nitrogens is 1. The maximum absolute atomic E-state index is 11.9. The average molecular weight is 333 g/mol. The Balaban J connectivity index is 2.17. The Morgan fingerprint density at radius 1 is 1.22 bits per heavy atom. The van der Waals surface area contributed by atoms with Gasteiger partial charge in [0.05, 0.1) is 6.54 Å². The number of nitrogens with zero attached hydrogens (tertiary/aromatic N) is 1. The Morgan fingerprint density at radius 3 is 2.74 bits per heavy atom. The predicted molar refractivity (Wildman–Crippen MR) is 87.3 cm³/mol. The van der Waals surface area contributed by atoms with Gasteiger partial charge in [-0.2, -0.15) is 0 Å². The number of aromatic nitrogens is 2. The Kier molecular flexibility index (Phi) is 3.92. The third kappa shape index (κ3) is 2.98. The van der Waals surface area contributed by atoms with E-state index in [0.717, 1.165) is 17.4 Å². The summed E-state index contributed by atoms with van der Waals surface area (Å²) in [6, 6.07) is 6.93. The normalized spacial score (nSPS) is 11.0. The van der Waals surface area contributed by atoms with Crippen LogP contribution in [0.4, 0.5) is 0 Å². The van der Waals surface area contributed by atoms with Crippen LogP contribution in [-0.2, 0) is 13.0 Å². The lowest BCUT2D eigenvalue weighted by Gasteiger charge is -2.09. The zero-order valence-electron chi connectivity index (χ0n) is 12.3. The molecule has 0 saturated heterocycles. The molecule has 2 aromatic heterocycles. The first-order chi connectivity index (χ1) is 11.0. The Hall–Kier alpha value is -2.60. The molecule has 0 atom stereocenters. The highest BCUT2D eigenvalue weighted by Gasteiger charge is 2.09. The fourth-order valence-corrected chi connectivity index (χ4v) is 2.57. The van der Waals surface area contributed by atoms with Crippen molar-refractivity contribution >= 4 is 22.6 Å². The molecule has 0 aliphatic rings. The summed E-state index contributed by atoms with van der Waals surface area (Å²) in [4.78, 5) is 37.1. The van der Waals surface area contributed by atoms with Gasteiger partial charge in [0.2, 0.25) is 0 Å². The fraction of sp³-hybridized carbons (Fsp3) is 0.188. The first kappa shape index (κ1) is 15.3. The second-order valence-electron chi connectivity index (χ2n) is 5.14. The highest BCUT2D eigenvalue weighted by atomic mass is 35.5. The van der Waals surface area contributed by atoms with E-state index in [1.807, 2.05) is 25.1 Å². The van der Waals surface area contributed by atoms with Crippen molar-refractivity contribution in [1.29, 1.82) is 0 Å². The Morgan fingerprint density at radius 2 is 2.00 bits per heavy atom. The molecule has 3 rings (SSSR count). The van der Waals surface area contributed by atoms with Crippen LogP contribution in [0.15, 0.2) is 49.3 Å². The number of hydrogen-bond donors (Lipinski definition) is 1. The standard InChI is InChI=1S/C16H13ClN2O4/c1-2-9-3-4-11-10(6-14(20)23-13(11)5-9)7-19-8-12(17)15(21)18-16(19)22/h3-6,8H,2,7H2,1H3,(H,18,21,22). The Labute approximate surface area is 135 Å². The maximum Gasteiger partial charge on any atom is 0.336 e. The molecule has 2 heterocycles. The van der Waals surface area contributed by atoms with Gasteiger partial charge in [-0.05, 0) is 23.6 Å². The minimum Gasteiger partial charge on any atom is -0.423 e. The monoisotopic (exact) mass is 332 g/mol. The summed E-state index contributed by atoms with van der Waals surface area (Å²) in [5, 5.41) is 0.640. The van der Waals surface area contributed by atoms with Gasteiger partial charge < -0.3 is 4.42 Å². The van der Waals surface area contributed by atoms with Gasteiger partial charge >= 0.3 is 11.3 Å². The van der Waals surface area contributed by atoms with Crippen LogP contribution in [0.2, 0.25) is 5.02 Å². The summed E-state index contributed by atoms with van der Waals surface area (Å²) < 4.78 is 6.47. The van der Waals surface area contributed by atoms with Crippen molar-refractivity contribution in [1.82, 2.24) is 9.55 Å². The fourth-order valence-electron chi connectivity index (χ4n) is 2.41. The molecule has 0 spiro atoms. The lowest BCUT2D eigenvalue weighted by molar-refractivity contribution is 0.556. The van der Waals surface area contributed by atoms with Gasteiger partial charge in [-0.1, -0.05) is 30.7 Å². The molecule has 0 bridgehead atoms. The topological polar surface area (TPSA) is 85.1 Å². The second kappa shape index (κ2) is 5.89. The zero-order valence-corrected chi connectivity index (χ0v) is 13.0. The number of benzene rings is 1. The quantitative estimate of drug-likeness (QED) is 0.742. The largest absolute Gasteiger partial charge is 0.423 e. The number of hydrogen-bond acceptors (Lipinski definition) is 4. The van der Waals surface area contributed by atoms with Gasteiger partial charge in [-0.15, -0.1) is 0 Å². The van der Waals surface area contributed by atoms with Gasteiger partial charge in [0.15, 0.2) is 0 Å². The molecule has 0 saturated carbocycles. The molecule has 6 nitrogen and oxygen atoms in total. The molecule has 0 radical (unpaired) electrons. The third-order valence-electron chi connectivity index (χ3n) is 3.61. The molecule has 0 amide bonds. The van der Waals surface area contributed by atoms with E-state index in [0.29, 0.717) is 11.1 Å². The summed E-state index contributed by atoms with van der Waals surface area (Å²) in [5.74, 6) is 0. The number of aromatic amines is 1. The minimum atomic E-state index is -0.641. The SMILES string of the molecule is CCc1ccc2c(Cn3cc(Cl)c(=O)[nH]c3=O)cc(=O)oc2c1. The van der Waals surface area contributed by atoms with Crippen molar-refractivity contribution in [2.24, 2.45) is 0 Å². The predicted octanol–water partition coefficient (Wildman–Crippen LogP) is 1.91. The highest BCUT2D eigenvalue weighted by Crippen LogP contribution is 2.19. The van der Waals surface area contributed by atoms with Crippen LogP contribution in [-0.4, -0.2) is 9.55 Å². The summed E-state index contributed by atoms with van der Waals surface area (Å²) in [5.41, 5.74) is 0.398. The molecule has 3 aromatic rings. The van der Waals surface area contributed by atoms with Crippen LogP contribution in [0.5, 0.6) is 0 Å². The van der Waals surface area contributed by atoms with E-state index in [9.17, 15) is 14.4 Å². The maximum atomic E-state index is 11.9. The van der Waals surface area contributed by atoms with Gasteiger partial charge in [0.25, 0.3) is 5.56 Å². The number of fused-ring (bicyclic) bond motifs is 1. The van der Waals surface area contributed by atoms with Gasteiger partial charge in [0, 0.05) is 17.6 Å². The first-order valence-electron chi connectivity index (χ1n) is 7.03. The van der Waals surface area contributed by atoms with E-state index in [1.165, 1.54) is 16.8 Å². The van der Waals surface area contributed by atoms with Crippen LogP contribution in [0.25, 0.3) is 11.0 Å². The molecule has 0 fully saturated rings. The minimum absolute atomic E-state index is 0.0925. The second-order valence-corrected chi connectivity index (χ2v) is 5.55. The summed E-state index contributed by atoms with van der Waals surface area (Å²) in [6.07, 6.45) is 2.07. The van der Waals surface area contributed by atoms with Crippen LogP contribution in [0.3, 0.4) is 0 Å². The van der Waals surface area contributed by atoms with Gasteiger partial charge in [-0.3, -0.25) is 14.3 Å². The van der Waals surface area contributed by atoms with Crippen molar-refractivity contribution < 1.29 is 4.42 Å². The number of nitrogens with one attached hydrogen (secondary N) is 1. The molecular formula is C16H13ClN2O4. The van der Waals surface area contributed by atoms with E-state index in [-0.39, 0.29) is 11.6 Å². The van der Waals surface area contributed by atoms with Crippen molar-refractivity contribution in [2.45, 2.75) is 19.9 Å². The van der Waals surface area contributed by atoms with E-state index in [2.05, 4.69) is 4.98 Å².